The van der Waals surface area contributed by atoms with Crippen LogP contribution in [0.25, 0.3) is 0 Å². The number of carbonyl (C=O) groups excluding carboxylic acids is 1. The molecule has 11 atom stereocenters. The summed E-state index contributed by atoms with van der Waals surface area (Å²) in [5.74, 6) is 2.80. The number of aliphatic hydroxyl groups is 2. The Balaban J connectivity index is 1.54. The zero-order valence-corrected chi connectivity index (χ0v) is 26.9. The van der Waals surface area contributed by atoms with Crippen molar-refractivity contribution >= 4 is 5.91 Å². The Hall–Kier alpha value is -0.650. The van der Waals surface area contributed by atoms with Gasteiger partial charge in [0.05, 0.1) is 12.2 Å². The van der Waals surface area contributed by atoms with E-state index in [1.54, 1.807) is 0 Å². The van der Waals surface area contributed by atoms with Gasteiger partial charge >= 0.3 is 0 Å². The van der Waals surface area contributed by atoms with E-state index in [2.05, 4.69) is 46.9 Å². The van der Waals surface area contributed by atoms with Crippen LogP contribution in [0.1, 0.15) is 131 Å². The first-order valence-electron chi connectivity index (χ1n) is 17.2. The van der Waals surface area contributed by atoms with E-state index in [4.69, 9.17) is 5.73 Å². The number of rotatable bonds is 12. The van der Waals surface area contributed by atoms with Crippen molar-refractivity contribution in [1.82, 2.24) is 5.32 Å². The minimum atomic E-state index is -0.319. The number of unbranched alkanes of at least 4 members (excludes halogenated alkanes) is 3. The summed E-state index contributed by atoms with van der Waals surface area (Å²) in [6.07, 6.45) is 14.4. The monoisotopic (exact) mass is 560 g/mol. The van der Waals surface area contributed by atoms with Gasteiger partial charge in [0.25, 0.3) is 0 Å². The molecule has 5 N–H and O–H groups in total. The van der Waals surface area contributed by atoms with Crippen LogP contribution < -0.4 is 11.1 Å². The third-order valence-corrected chi connectivity index (χ3v) is 13.5. The summed E-state index contributed by atoms with van der Waals surface area (Å²) in [6.45, 7) is 15.8. The fourth-order valence-corrected chi connectivity index (χ4v) is 11.2. The number of hydrogen-bond acceptors (Lipinski definition) is 4. The smallest absolute Gasteiger partial charge is 0.223 e. The third kappa shape index (κ3) is 5.79. The second kappa shape index (κ2) is 12.9. The van der Waals surface area contributed by atoms with Crippen molar-refractivity contribution in [3.05, 3.63) is 0 Å². The minimum Gasteiger partial charge on any atom is -0.393 e. The number of aliphatic hydroxyl groups excluding tert-OH is 2. The van der Waals surface area contributed by atoms with Crippen molar-refractivity contribution in [2.75, 3.05) is 13.1 Å². The molecule has 232 valence electrons. The maximum absolute atomic E-state index is 13.8. The molecule has 40 heavy (non-hydrogen) atoms. The van der Waals surface area contributed by atoms with Gasteiger partial charge in [0.1, 0.15) is 0 Å². The van der Waals surface area contributed by atoms with Gasteiger partial charge in [-0.1, -0.05) is 67.2 Å². The quantitative estimate of drug-likeness (QED) is 0.200. The van der Waals surface area contributed by atoms with Gasteiger partial charge in [-0.25, -0.2) is 0 Å². The van der Waals surface area contributed by atoms with Gasteiger partial charge in [0, 0.05) is 12.5 Å². The summed E-state index contributed by atoms with van der Waals surface area (Å²) in [4.78, 5) is 13.8. The lowest BCUT2D eigenvalue weighted by Crippen LogP contribution is -2.66. The lowest BCUT2D eigenvalue weighted by molar-refractivity contribution is -0.239. The lowest BCUT2D eigenvalue weighted by Gasteiger charge is -2.69. The summed E-state index contributed by atoms with van der Waals surface area (Å²) >= 11 is 0. The molecule has 0 aromatic rings. The Morgan fingerprint density at radius 2 is 1.57 bits per heavy atom. The molecule has 4 saturated carbocycles. The van der Waals surface area contributed by atoms with Gasteiger partial charge < -0.3 is 21.3 Å². The van der Waals surface area contributed by atoms with E-state index in [1.807, 2.05) is 0 Å². The summed E-state index contributed by atoms with van der Waals surface area (Å²) < 4.78 is 0. The molecular formula is C35H64N2O3. The summed E-state index contributed by atoms with van der Waals surface area (Å²) in [5.41, 5.74) is 5.94. The molecule has 5 heteroatoms. The van der Waals surface area contributed by atoms with Crippen LogP contribution in [0.15, 0.2) is 0 Å². The average molecular weight is 561 g/mol. The van der Waals surface area contributed by atoms with E-state index in [0.717, 1.165) is 90.1 Å². The number of amides is 1. The fourth-order valence-electron chi connectivity index (χ4n) is 11.2. The molecular weight excluding hydrogens is 496 g/mol. The van der Waals surface area contributed by atoms with E-state index in [0.29, 0.717) is 29.6 Å². The minimum absolute atomic E-state index is 0.0544. The van der Waals surface area contributed by atoms with Gasteiger partial charge in [-0.2, -0.15) is 0 Å². The molecule has 0 bridgehead atoms. The first-order chi connectivity index (χ1) is 18.9. The maximum atomic E-state index is 13.8. The van der Waals surface area contributed by atoms with Crippen molar-refractivity contribution in [3.8, 4) is 0 Å². The van der Waals surface area contributed by atoms with Crippen LogP contribution in [-0.2, 0) is 4.79 Å². The number of nitrogens with one attached hydrogen (secondary N) is 1. The number of hydrogen-bond donors (Lipinski definition) is 4. The van der Waals surface area contributed by atoms with Crippen LogP contribution >= 0.6 is 0 Å². The normalized spacial score (nSPS) is 43.6. The summed E-state index contributed by atoms with van der Waals surface area (Å²) in [6, 6.07) is 0. The van der Waals surface area contributed by atoms with Crippen molar-refractivity contribution in [2.24, 2.45) is 63.4 Å². The molecule has 4 fully saturated rings. The molecule has 0 aliphatic heterocycles. The lowest BCUT2D eigenvalue weighted by atomic mass is 9.36. The van der Waals surface area contributed by atoms with Gasteiger partial charge in [-0.3, -0.25) is 4.79 Å². The van der Waals surface area contributed by atoms with Gasteiger partial charge in [0.15, 0.2) is 0 Å². The molecule has 0 spiro atoms. The van der Waals surface area contributed by atoms with Crippen molar-refractivity contribution in [2.45, 2.75) is 144 Å². The molecule has 0 aromatic carbocycles. The Labute approximate surface area is 246 Å². The molecule has 4 aliphatic carbocycles. The Kier molecular flexibility index (Phi) is 10.4. The van der Waals surface area contributed by atoms with Crippen molar-refractivity contribution < 1.29 is 15.0 Å². The summed E-state index contributed by atoms with van der Waals surface area (Å²) in [5, 5.41) is 26.1. The average Bonchev–Trinajstić information content (AvgIpc) is 3.23. The highest BCUT2D eigenvalue weighted by Gasteiger charge is 2.70. The third-order valence-electron chi connectivity index (χ3n) is 13.5. The van der Waals surface area contributed by atoms with E-state index in [9.17, 15) is 15.0 Å². The first kappa shape index (κ1) is 32.3. The molecule has 1 amide bonds. The van der Waals surface area contributed by atoms with Gasteiger partial charge in [0.2, 0.25) is 5.91 Å². The molecule has 4 unspecified atom stereocenters. The predicted octanol–water partition coefficient (Wildman–Crippen LogP) is 6.69. The predicted molar refractivity (Wildman–Crippen MR) is 164 cm³/mol. The Bertz CT molecular complexity index is 848. The molecule has 0 saturated heterocycles. The van der Waals surface area contributed by atoms with E-state index >= 15 is 0 Å². The number of fused-ring (bicyclic) bond motifs is 5. The van der Waals surface area contributed by atoms with E-state index < -0.39 is 0 Å². The molecule has 4 rings (SSSR count). The van der Waals surface area contributed by atoms with Crippen LogP contribution in [0.2, 0.25) is 0 Å². The highest BCUT2D eigenvalue weighted by molar-refractivity contribution is 5.79. The number of nitrogens with two attached hydrogens (primary N) is 1. The topological polar surface area (TPSA) is 95.6 Å². The van der Waals surface area contributed by atoms with Crippen LogP contribution in [0.4, 0.5) is 0 Å². The molecule has 0 heterocycles. The fraction of sp³-hybridized carbons (Fsp3) is 0.971. The summed E-state index contributed by atoms with van der Waals surface area (Å²) in [7, 11) is 0. The second-order valence-corrected chi connectivity index (χ2v) is 16.0. The van der Waals surface area contributed by atoms with Crippen LogP contribution in [0.3, 0.4) is 0 Å². The van der Waals surface area contributed by atoms with Crippen molar-refractivity contribution in [3.63, 3.8) is 0 Å². The Morgan fingerprint density at radius 1 is 0.875 bits per heavy atom. The zero-order chi connectivity index (χ0) is 29.3. The van der Waals surface area contributed by atoms with E-state index in [-0.39, 0.29) is 46.2 Å². The van der Waals surface area contributed by atoms with Gasteiger partial charge in [-0.05, 0) is 123 Å². The number of carbonyl (C=O) groups is 1. The largest absolute Gasteiger partial charge is 0.393 e. The zero-order valence-electron chi connectivity index (χ0n) is 26.9. The SMILES string of the molecule is CC(C)CCCC(C(=O)NCCCCCCN)[C@@H]1CC[C@@]2(C)C1C[C@@H](O)C1[C@@]3(C)CC[C@@H](O)[C@@H](C)C3CC[C@@]12C. The van der Waals surface area contributed by atoms with Crippen molar-refractivity contribution in [1.29, 1.82) is 0 Å². The van der Waals surface area contributed by atoms with Gasteiger partial charge in [-0.15, -0.1) is 0 Å². The first-order valence-corrected chi connectivity index (χ1v) is 17.2. The van der Waals surface area contributed by atoms with E-state index in [1.165, 1.54) is 12.8 Å². The molecule has 4 aliphatic rings. The van der Waals surface area contributed by atoms with Crippen LogP contribution in [-0.4, -0.2) is 41.4 Å². The van der Waals surface area contributed by atoms with Crippen LogP contribution in [0, 0.1) is 57.7 Å². The molecule has 0 aromatic heterocycles. The molecule has 5 nitrogen and oxygen atoms in total. The maximum Gasteiger partial charge on any atom is 0.223 e. The second-order valence-electron chi connectivity index (χ2n) is 16.0. The Morgan fingerprint density at radius 3 is 2.27 bits per heavy atom. The highest BCUT2D eigenvalue weighted by Crippen LogP contribution is 2.74. The highest BCUT2D eigenvalue weighted by atomic mass is 16.3. The molecule has 0 radical (unpaired) electrons. The standard InChI is InChI=1S/C35H64N2O3/c1-23(2)12-11-13-26(32(40)37-21-10-8-7-9-20-36)25-14-18-34(5)28(25)22-30(39)31-33(4)17-16-29(38)24(3)27(33)15-19-35(31,34)6/h23-31,38-39H,7-22,36H2,1-6H3,(H,37,40)/t24-,25-,26?,27?,28?,29+,30+,31?,33-,34-,35-/m0/s1. The van der Waals surface area contributed by atoms with Crippen LogP contribution in [0.5, 0.6) is 0 Å².